The highest BCUT2D eigenvalue weighted by Crippen LogP contribution is 2.21. The van der Waals surface area contributed by atoms with Crippen molar-refractivity contribution in [2.75, 3.05) is 0 Å². The lowest BCUT2D eigenvalue weighted by atomic mass is 10.0. The second-order valence-corrected chi connectivity index (χ2v) is 6.82. The van der Waals surface area contributed by atoms with Crippen LogP contribution in [-0.2, 0) is 11.4 Å². The summed E-state index contributed by atoms with van der Waals surface area (Å²) < 4.78 is 24.4. The molecule has 1 atom stereocenters. The molecular formula is C14H20FNOS. The maximum absolute atomic E-state index is 13.8. The molecule has 0 aliphatic carbocycles. The summed E-state index contributed by atoms with van der Waals surface area (Å²) in [6.45, 7) is 7.46. The van der Waals surface area contributed by atoms with Gasteiger partial charge < -0.3 is 4.55 Å². The van der Waals surface area contributed by atoms with Gasteiger partial charge in [0.2, 0.25) is 0 Å². The van der Waals surface area contributed by atoms with Gasteiger partial charge in [-0.2, -0.15) is 5.14 Å². The molecule has 18 heavy (non-hydrogen) atoms. The lowest BCUT2D eigenvalue weighted by Crippen LogP contribution is -2.35. The first-order chi connectivity index (χ1) is 8.24. The van der Waals surface area contributed by atoms with Crippen LogP contribution in [0.5, 0.6) is 0 Å². The van der Waals surface area contributed by atoms with E-state index in [0.717, 1.165) is 5.56 Å². The van der Waals surface area contributed by atoms with Crippen molar-refractivity contribution in [3.05, 3.63) is 41.2 Å². The zero-order valence-corrected chi connectivity index (χ0v) is 12.1. The predicted octanol–water partition coefficient (Wildman–Crippen LogP) is 3.36. The Morgan fingerprint density at radius 1 is 1.39 bits per heavy atom. The van der Waals surface area contributed by atoms with Crippen LogP contribution in [0.2, 0.25) is 0 Å². The van der Waals surface area contributed by atoms with Crippen LogP contribution in [0, 0.1) is 5.82 Å². The second-order valence-electron chi connectivity index (χ2n) is 5.17. The molecule has 0 aliphatic heterocycles. The molecule has 1 aromatic rings. The van der Waals surface area contributed by atoms with Crippen LogP contribution in [0.1, 0.15) is 44.7 Å². The molecule has 0 saturated carbocycles. The zero-order valence-electron chi connectivity index (χ0n) is 11.2. The molecule has 2 nitrogen and oxygen atoms in total. The van der Waals surface area contributed by atoms with Crippen LogP contribution < -0.4 is 5.14 Å². The fourth-order valence-electron chi connectivity index (χ4n) is 1.48. The van der Waals surface area contributed by atoms with Crippen LogP contribution in [0.15, 0.2) is 24.3 Å². The third-order valence-electron chi connectivity index (χ3n) is 2.84. The Balaban J connectivity index is 2.94. The molecule has 0 aromatic heterocycles. The molecule has 100 valence electrons. The minimum Gasteiger partial charge on any atom is -0.598 e. The minimum absolute atomic E-state index is 0.163. The van der Waals surface area contributed by atoms with Crippen molar-refractivity contribution in [1.82, 2.24) is 0 Å². The van der Waals surface area contributed by atoms with E-state index in [-0.39, 0.29) is 11.7 Å². The van der Waals surface area contributed by atoms with Crippen LogP contribution in [-0.4, -0.2) is 9.30 Å². The summed E-state index contributed by atoms with van der Waals surface area (Å²) in [5.41, 5.74) is 1.45. The Morgan fingerprint density at radius 3 is 2.44 bits per heavy atom. The highest BCUT2D eigenvalue weighted by Gasteiger charge is 2.25. The molecular weight excluding hydrogens is 249 g/mol. The van der Waals surface area contributed by atoms with Gasteiger partial charge >= 0.3 is 0 Å². The minimum atomic E-state index is -1.45. The van der Waals surface area contributed by atoms with Crippen molar-refractivity contribution in [3.8, 4) is 0 Å². The maximum atomic E-state index is 13.8. The average molecular weight is 269 g/mol. The summed E-state index contributed by atoms with van der Waals surface area (Å²) in [4.78, 5) is 0. The van der Waals surface area contributed by atoms with Crippen molar-refractivity contribution in [3.63, 3.8) is 0 Å². The molecule has 1 unspecified atom stereocenters. The van der Waals surface area contributed by atoms with Gasteiger partial charge in [0.1, 0.15) is 5.82 Å². The van der Waals surface area contributed by atoms with Crippen molar-refractivity contribution in [1.29, 1.82) is 0 Å². The third-order valence-corrected chi connectivity index (χ3v) is 4.02. The van der Waals surface area contributed by atoms with Gasteiger partial charge in [0.15, 0.2) is 4.75 Å². The normalized spacial score (nSPS) is 14.4. The van der Waals surface area contributed by atoms with Crippen LogP contribution in [0.25, 0.3) is 6.08 Å². The first-order valence-corrected chi connectivity index (χ1v) is 7.10. The second kappa shape index (κ2) is 5.87. The molecule has 1 aromatic carbocycles. The van der Waals surface area contributed by atoms with Crippen molar-refractivity contribution in [2.24, 2.45) is 5.14 Å². The van der Waals surface area contributed by atoms with Gasteiger partial charge in [-0.25, -0.2) is 4.39 Å². The van der Waals surface area contributed by atoms with E-state index in [4.69, 9.17) is 5.14 Å². The standard InChI is InChI=1S/C14H20FNOS/c1-10(2)12-6-5-11(9-13(12)15)7-8-14(3,4)18(16)17/h5-10H,16H2,1-4H3. The summed E-state index contributed by atoms with van der Waals surface area (Å²) in [7, 11) is 0. The molecule has 0 radical (unpaired) electrons. The van der Waals surface area contributed by atoms with Crippen LogP contribution in [0.3, 0.4) is 0 Å². The molecule has 0 saturated heterocycles. The van der Waals surface area contributed by atoms with Crippen molar-refractivity contribution in [2.45, 2.75) is 38.4 Å². The Hall–Kier alpha value is -0.840. The fourth-order valence-corrected chi connectivity index (χ4v) is 1.68. The number of nitrogens with two attached hydrogens (primary N) is 1. The van der Waals surface area contributed by atoms with E-state index in [9.17, 15) is 8.94 Å². The summed E-state index contributed by atoms with van der Waals surface area (Å²) in [5.74, 6) is -0.0464. The number of halogens is 1. The van der Waals surface area contributed by atoms with Crippen LogP contribution >= 0.6 is 0 Å². The number of hydrogen-bond donors (Lipinski definition) is 1. The molecule has 2 N–H and O–H groups in total. The zero-order chi connectivity index (χ0) is 13.9. The van der Waals surface area contributed by atoms with Gasteiger partial charge in [-0.15, -0.1) is 0 Å². The summed E-state index contributed by atoms with van der Waals surface area (Å²) in [6.07, 6.45) is 3.49. The van der Waals surface area contributed by atoms with E-state index in [1.54, 1.807) is 32.1 Å². The molecule has 0 aliphatic rings. The predicted molar refractivity (Wildman–Crippen MR) is 75.9 cm³/mol. The third kappa shape index (κ3) is 3.83. The monoisotopic (exact) mass is 269 g/mol. The van der Waals surface area contributed by atoms with Gasteiger partial charge in [0.05, 0.1) is 0 Å². The smallest absolute Gasteiger partial charge is 0.157 e. The van der Waals surface area contributed by atoms with Crippen molar-refractivity contribution < 1.29 is 8.94 Å². The number of rotatable bonds is 4. The van der Waals surface area contributed by atoms with E-state index >= 15 is 0 Å². The topological polar surface area (TPSA) is 49.1 Å². The van der Waals surface area contributed by atoms with Gasteiger partial charge in [-0.1, -0.05) is 32.1 Å². The quantitative estimate of drug-likeness (QED) is 0.852. The summed E-state index contributed by atoms with van der Waals surface area (Å²) >= 11 is -1.45. The van der Waals surface area contributed by atoms with Crippen molar-refractivity contribution >= 4 is 17.4 Å². The number of hydrogen-bond acceptors (Lipinski definition) is 2. The highest BCUT2D eigenvalue weighted by atomic mass is 32.2. The Morgan fingerprint density at radius 2 is 2.00 bits per heavy atom. The summed E-state index contributed by atoms with van der Waals surface area (Å²) in [6, 6.07) is 5.12. The number of benzene rings is 1. The molecule has 0 heterocycles. The van der Waals surface area contributed by atoms with E-state index in [1.807, 2.05) is 19.9 Å². The first-order valence-electron chi connectivity index (χ1n) is 5.89. The molecule has 1 rings (SSSR count). The van der Waals surface area contributed by atoms with E-state index < -0.39 is 16.1 Å². The van der Waals surface area contributed by atoms with Crippen LogP contribution in [0.4, 0.5) is 4.39 Å². The average Bonchev–Trinajstić information content (AvgIpc) is 2.25. The van der Waals surface area contributed by atoms with E-state index in [2.05, 4.69) is 0 Å². The molecule has 0 fully saturated rings. The van der Waals surface area contributed by atoms with E-state index in [1.165, 1.54) is 6.07 Å². The lowest BCUT2D eigenvalue weighted by molar-refractivity contribution is 0.573. The largest absolute Gasteiger partial charge is 0.598 e. The lowest BCUT2D eigenvalue weighted by Gasteiger charge is -2.20. The molecule has 4 heteroatoms. The van der Waals surface area contributed by atoms with E-state index in [0.29, 0.717) is 5.56 Å². The molecule has 0 spiro atoms. The fraction of sp³-hybridized carbons (Fsp3) is 0.429. The Labute approximate surface area is 111 Å². The van der Waals surface area contributed by atoms with Gasteiger partial charge in [-0.05, 0) is 43.0 Å². The van der Waals surface area contributed by atoms with Gasteiger partial charge in [0, 0.05) is 11.4 Å². The highest BCUT2D eigenvalue weighted by molar-refractivity contribution is 7.90. The van der Waals surface area contributed by atoms with Gasteiger partial charge in [-0.3, -0.25) is 0 Å². The molecule has 0 bridgehead atoms. The Kier molecular flexibility index (Phi) is 4.96. The SMILES string of the molecule is CC(C)c1ccc(C=CC(C)(C)[S+](N)[O-])cc1F. The first kappa shape index (κ1) is 15.2. The maximum Gasteiger partial charge on any atom is 0.157 e. The molecule has 0 amide bonds. The Bertz CT molecular complexity index is 441. The van der Waals surface area contributed by atoms with Gasteiger partial charge in [0.25, 0.3) is 0 Å². The summed E-state index contributed by atoms with van der Waals surface area (Å²) in [5, 5.41) is 5.37.